The summed E-state index contributed by atoms with van der Waals surface area (Å²) in [5.41, 5.74) is 11.2. The first-order valence-electron chi connectivity index (χ1n) is 12.1. The largest absolute Gasteiger partial charge is 0.504 e. The third-order valence-corrected chi connectivity index (χ3v) is 9.63. The van der Waals surface area contributed by atoms with Crippen LogP contribution in [-0.2, 0) is 16.3 Å². The smallest absolute Gasteiger partial charge is 0.272 e. The van der Waals surface area contributed by atoms with E-state index in [-0.39, 0.29) is 23.0 Å². The maximum absolute atomic E-state index is 12.8. The molecule has 2 aliphatic carbocycles. The Morgan fingerprint density at radius 3 is 2.41 bits per heavy atom. The van der Waals surface area contributed by atoms with Gasteiger partial charge in [0.1, 0.15) is 6.73 Å². The molecule has 4 N–H and O–H groups in total. The monoisotopic (exact) mass is 483 g/mol. The Bertz CT molecular complexity index is 1110. The number of nitrogens with one attached hydrogen (secondary N) is 1. The van der Waals surface area contributed by atoms with E-state index >= 15 is 0 Å². The third-order valence-electron chi connectivity index (χ3n) is 7.03. The number of nitrogens with two attached hydrogens (primary N) is 1. The molecule has 0 saturated heterocycles. The van der Waals surface area contributed by atoms with Crippen molar-refractivity contribution in [2.24, 2.45) is 17.6 Å². The number of aromatic hydroxyl groups is 1. The van der Waals surface area contributed by atoms with Gasteiger partial charge in [-0.3, -0.25) is 4.79 Å². The second-order valence-corrected chi connectivity index (χ2v) is 16.4. The Morgan fingerprint density at radius 2 is 1.88 bits per heavy atom. The summed E-state index contributed by atoms with van der Waals surface area (Å²) in [7, 11) is -1.40. The number of hydrogen-bond donors (Lipinski definition) is 3. The SMILES string of the molecule is Cc1nn(CO[C@H](C)[Si](C)(C)C)c(C)c1-c1cnc(NC(=O)C(N)=C(C2CC2)C2CC2)c(O)c1. The van der Waals surface area contributed by atoms with Crippen LogP contribution in [0.3, 0.4) is 0 Å². The fourth-order valence-electron chi connectivity index (χ4n) is 4.23. The molecular weight excluding hydrogens is 446 g/mol. The van der Waals surface area contributed by atoms with Gasteiger partial charge in [0, 0.05) is 28.7 Å². The summed E-state index contributed by atoms with van der Waals surface area (Å²) in [6, 6.07) is 1.61. The molecule has 2 aromatic heterocycles. The lowest BCUT2D eigenvalue weighted by atomic mass is 10.0. The highest BCUT2D eigenvalue weighted by atomic mass is 28.3. The first kappa shape index (κ1) is 24.5. The van der Waals surface area contributed by atoms with Gasteiger partial charge in [0.2, 0.25) is 0 Å². The molecule has 0 aromatic carbocycles. The highest BCUT2D eigenvalue weighted by Gasteiger charge is 2.39. The molecule has 2 aliphatic rings. The average Bonchev–Trinajstić information content (AvgIpc) is 3.68. The third kappa shape index (κ3) is 5.20. The van der Waals surface area contributed by atoms with E-state index in [1.54, 1.807) is 12.3 Å². The molecule has 2 aromatic rings. The zero-order valence-electron chi connectivity index (χ0n) is 21.1. The number of aromatic nitrogens is 3. The van der Waals surface area contributed by atoms with E-state index in [4.69, 9.17) is 10.5 Å². The molecule has 2 fully saturated rings. The topological polar surface area (TPSA) is 115 Å². The maximum atomic E-state index is 12.8. The fraction of sp³-hybridized carbons (Fsp3) is 0.560. The summed E-state index contributed by atoms with van der Waals surface area (Å²) in [6.45, 7) is 13.2. The van der Waals surface area contributed by atoms with E-state index in [1.807, 2.05) is 18.5 Å². The number of allylic oxidation sites excluding steroid dienone is 1. The van der Waals surface area contributed by atoms with Crippen molar-refractivity contribution in [3.63, 3.8) is 0 Å². The van der Waals surface area contributed by atoms with Crippen LogP contribution >= 0.6 is 0 Å². The number of carbonyl (C=O) groups excluding carboxylic acids is 1. The van der Waals surface area contributed by atoms with Crippen LogP contribution in [0.2, 0.25) is 19.6 Å². The van der Waals surface area contributed by atoms with Crippen molar-refractivity contribution in [3.05, 3.63) is 34.9 Å². The molecule has 9 heteroatoms. The Balaban J connectivity index is 1.50. The number of ether oxygens (including phenoxy) is 1. The second-order valence-electron chi connectivity index (χ2n) is 10.8. The highest BCUT2D eigenvalue weighted by molar-refractivity contribution is 6.77. The van der Waals surface area contributed by atoms with E-state index in [2.05, 4.69) is 42.0 Å². The van der Waals surface area contributed by atoms with E-state index in [0.29, 0.717) is 18.6 Å². The average molecular weight is 484 g/mol. The Labute approximate surface area is 202 Å². The van der Waals surface area contributed by atoms with Crippen LogP contribution in [0.15, 0.2) is 23.5 Å². The van der Waals surface area contributed by atoms with Crippen LogP contribution in [0.1, 0.15) is 44.0 Å². The molecule has 8 nitrogen and oxygen atoms in total. The number of rotatable bonds is 9. The Morgan fingerprint density at radius 1 is 1.26 bits per heavy atom. The minimum absolute atomic E-state index is 0.104. The fourth-order valence-corrected chi connectivity index (χ4v) is 4.80. The summed E-state index contributed by atoms with van der Waals surface area (Å²) in [6.07, 6.45) is 6.06. The van der Waals surface area contributed by atoms with Crippen LogP contribution in [0.4, 0.5) is 5.82 Å². The van der Waals surface area contributed by atoms with E-state index < -0.39 is 14.0 Å². The zero-order chi connectivity index (χ0) is 24.8. The normalized spacial score (nSPS) is 16.9. The molecule has 184 valence electrons. The number of nitrogens with zero attached hydrogens (tertiary/aromatic N) is 3. The van der Waals surface area contributed by atoms with E-state index in [9.17, 15) is 9.90 Å². The molecule has 0 spiro atoms. The van der Waals surface area contributed by atoms with Crippen molar-refractivity contribution in [2.75, 3.05) is 5.32 Å². The highest BCUT2D eigenvalue weighted by Crippen LogP contribution is 2.49. The predicted octanol–water partition coefficient (Wildman–Crippen LogP) is 4.48. The van der Waals surface area contributed by atoms with E-state index in [1.165, 1.54) is 0 Å². The zero-order valence-corrected chi connectivity index (χ0v) is 22.1. The predicted molar refractivity (Wildman–Crippen MR) is 136 cm³/mol. The van der Waals surface area contributed by atoms with Gasteiger partial charge in [0.05, 0.1) is 19.5 Å². The summed E-state index contributed by atoms with van der Waals surface area (Å²) in [5.74, 6) is 0.508. The quantitative estimate of drug-likeness (QED) is 0.358. The van der Waals surface area contributed by atoms with Crippen molar-refractivity contribution in [1.29, 1.82) is 0 Å². The summed E-state index contributed by atoms with van der Waals surface area (Å²) >= 11 is 0. The van der Waals surface area contributed by atoms with Crippen LogP contribution in [-0.4, -0.2) is 39.6 Å². The van der Waals surface area contributed by atoms with Gasteiger partial charge in [-0.2, -0.15) is 5.10 Å². The van der Waals surface area contributed by atoms with Crippen LogP contribution < -0.4 is 11.1 Å². The molecule has 2 heterocycles. The summed E-state index contributed by atoms with van der Waals surface area (Å²) < 4.78 is 7.93. The standard InChI is InChI=1S/C25H37N5O3Si/c1-14-21(15(2)30(29-14)13-33-16(3)34(4,5)6)19-11-20(31)24(27-12-19)28-25(32)23(26)22(17-7-8-17)18-9-10-18/h11-12,16-18,31H,7-10,13,26H2,1-6H3,(H,27,28,32)/t16-/m0/s1. The lowest BCUT2D eigenvalue weighted by Crippen LogP contribution is -2.38. The van der Waals surface area contributed by atoms with Crippen LogP contribution in [0, 0.1) is 25.7 Å². The number of carbonyl (C=O) groups is 1. The molecule has 0 radical (unpaired) electrons. The molecule has 0 bridgehead atoms. The van der Waals surface area contributed by atoms with Gasteiger partial charge < -0.3 is 20.9 Å². The number of hydrogen-bond acceptors (Lipinski definition) is 6. The number of pyridine rings is 1. The second kappa shape index (κ2) is 9.18. The van der Waals surface area contributed by atoms with Gasteiger partial charge >= 0.3 is 0 Å². The van der Waals surface area contributed by atoms with Gasteiger partial charge in [-0.05, 0) is 69.9 Å². The van der Waals surface area contributed by atoms with Gasteiger partial charge in [-0.25, -0.2) is 9.67 Å². The van der Waals surface area contributed by atoms with Crippen molar-refractivity contribution >= 4 is 19.8 Å². The lowest BCUT2D eigenvalue weighted by Gasteiger charge is -2.25. The van der Waals surface area contributed by atoms with Crippen molar-refractivity contribution in [2.45, 2.75) is 78.6 Å². The number of aryl methyl sites for hydroxylation is 1. The maximum Gasteiger partial charge on any atom is 0.272 e. The minimum atomic E-state index is -1.40. The molecule has 4 rings (SSSR count). The van der Waals surface area contributed by atoms with Gasteiger partial charge in [0.25, 0.3) is 5.91 Å². The van der Waals surface area contributed by atoms with Crippen LogP contribution in [0.5, 0.6) is 5.75 Å². The summed E-state index contributed by atoms with van der Waals surface area (Å²) in [4.78, 5) is 17.1. The molecule has 0 aliphatic heterocycles. The molecule has 1 atom stereocenters. The molecule has 34 heavy (non-hydrogen) atoms. The van der Waals surface area contributed by atoms with Crippen LogP contribution in [0.25, 0.3) is 11.1 Å². The lowest BCUT2D eigenvalue weighted by molar-refractivity contribution is -0.113. The van der Waals surface area contributed by atoms with Crippen molar-refractivity contribution in [1.82, 2.24) is 14.8 Å². The van der Waals surface area contributed by atoms with Gasteiger partial charge in [-0.1, -0.05) is 19.6 Å². The number of anilines is 1. The number of amides is 1. The molecular formula is C25H37N5O3Si. The van der Waals surface area contributed by atoms with Crippen molar-refractivity contribution in [3.8, 4) is 16.9 Å². The Hall–Kier alpha value is -2.65. The minimum Gasteiger partial charge on any atom is -0.504 e. The van der Waals surface area contributed by atoms with Crippen molar-refractivity contribution < 1.29 is 14.6 Å². The van der Waals surface area contributed by atoms with Gasteiger partial charge in [0.15, 0.2) is 11.6 Å². The molecule has 2 saturated carbocycles. The molecule has 1 amide bonds. The first-order chi connectivity index (χ1) is 16.0. The Kier molecular flexibility index (Phi) is 6.61. The summed E-state index contributed by atoms with van der Waals surface area (Å²) in [5, 5.41) is 18.0. The first-order valence-corrected chi connectivity index (χ1v) is 15.7. The molecule has 0 unspecified atom stereocenters. The van der Waals surface area contributed by atoms with E-state index in [0.717, 1.165) is 53.8 Å². The van der Waals surface area contributed by atoms with Gasteiger partial charge in [-0.15, -0.1) is 0 Å².